The second kappa shape index (κ2) is 6.32. The molecular weight excluding hydrogens is 368 g/mol. The maximum Gasteiger partial charge on any atom is 0.266 e. The summed E-state index contributed by atoms with van der Waals surface area (Å²) in [5.41, 5.74) is 5.65. The molecule has 2 aromatic rings. The van der Waals surface area contributed by atoms with Crippen LogP contribution in [0.1, 0.15) is 17.4 Å². The molecule has 2 amide bonds. The molecule has 25 heavy (non-hydrogen) atoms. The van der Waals surface area contributed by atoms with Crippen LogP contribution in [0.2, 0.25) is 5.02 Å². The standard InChI is InChI=1S/C15H17ClN4O4S/c1-9(21)19-4-6-20(7-5-19)25(23,24)14-11-8-10(16)2-3-12(11)18-13(14)15(17)22/h2-3,8,18H,4-7H2,1H3,(H2,17,22). The highest BCUT2D eigenvalue weighted by Crippen LogP contribution is 2.31. The normalized spacial score (nSPS) is 16.3. The van der Waals surface area contributed by atoms with Crippen LogP contribution in [0.4, 0.5) is 0 Å². The van der Waals surface area contributed by atoms with Gasteiger partial charge in [0.15, 0.2) is 0 Å². The van der Waals surface area contributed by atoms with E-state index < -0.39 is 15.9 Å². The summed E-state index contributed by atoms with van der Waals surface area (Å²) >= 11 is 5.99. The Morgan fingerprint density at radius 2 is 1.84 bits per heavy atom. The molecule has 0 saturated carbocycles. The number of halogens is 1. The summed E-state index contributed by atoms with van der Waals surface area (Å²) < 4.78 is 27.5. The highest BCUT2D eigenvalue weighted by molar-refractivity contribution is 7.89. The first kappa shape index (κ1) is 17.7. The number of fused-ring (bicyclic) bond motifs is 1. The highest BCUT2D eigenvalue weighted by atomic mass is 35.5. The van der Waals surface area contributed by atoms with Crippen molar-refractivity contribution in [3.63, 3.8) is 0 Å². The Morgan fingerprint density at radius 1 is 1.20 bits per heavy atom. The van der Waals surface area contributed by atoms with E-state index in [4.69, 9.17) is 17.3 Å². The van der Waals surface area contributed by atoms with E-state index in [1.54, 1.807) is 17.0 Å². The number of piperazine rings is 1. The van der Waals surface area contributed by atoms with Gasteiger partial charge in [-0.05, 0) is 18.2 Å². The average Bonchev–Trinajstić information content (AvgIpc) is 2.94. The molecule has 0 radical (unpaired) electrons. The van der Waals surface area contributed by atoms with Crippen molar-refractivity contribution in [1.29, 1.82) is 0 Å². The molecule has 0 atom stereocenters. The summed E-state index contributed by atoms with van der Waals surface area (Å²) in [4.78, 5) is 27.3. The van der Waals surface area contributed by atoms with Gasteiger partial charge >= 0.3 is 0 Å². The maximum absolute atomic E-state index is 13.1. The minimum atomic E-state index is -3.98. The first-order chi connectivity index (χ1) is 11.7. The molecule has 1 aromatic carbocycles. The second-order valence-electron chi connectivity index (χ2n) is 5.79. The lowest BCUT2D eigenvalue weighted by atomic mass is 10.2. The van der Waals surface area contributed by atoms with Crippen LogP contribution in [-0.2, 0) is 14.8 Å². The Balaban J connectivity index is 2.08. The molecule has 0 aliphatic carbocycles. The van der Waals surface area contributed by atoms with Gasteiger partial charge in [0.05, 0.1) is 0 Å². The van der Waals surface area contributed by atoms with Crippen LogP contribution < -0.4 is 5.73 Å². The van der Waals surface area contributed by atoms with E-state index in [-0.39, 0.29) is 29.6 Å². The van der Waals surface area contributed by atoms with Gasteiger partial charge in [0, 0.05) is 49.0 Å². The fourth-order valence-electron chi connectivity index (χ4n) is 2.95. The minimum absolute atomic E-state index is 0.103. The van der Waals surface area contributed by atoms with E-state index in [0.29, 0.717) is 29.0 Å². The first-order valence-electron chi connectivity index (χ1n) is 7.58. The van der Waals surface area contributed by atoms with Crippen LogP contribution >= 0.6 is 11.6 Å². The number of benzene rings is 1. The van der Waals surface area contributed by atoms with Gasteiger partial charge in [-0.25, -0.2) is 8.42 Å². The third-order valence-electron chi connectivity index (χ3n) is 4.24. The summed E-state index contributed by atoms with van der Waals surface area (Å²) in [5.74, 6) is -0.970. The summed E-state index contributed by atoms with van der Waals surface area (Å²) in [6.45, 7) is 2.32. The topological polar surface area (TPSA) is 117 Å². The fourth-order valence-corrected chi connectivity index (χ4v) is 4.88. The summed E-state index contributed by atoms with van der Waals surface area (Å²) in [5, 5.41) is 0.663. The lowest BCUT2D eigenvalue weighted by Crippen LogP contribution is -2.50. The fraction of sp³-hybridized carbons (Fsp3) is 0.333. The number of rotatable bonds is 3. The molecule has 10 heteroatoms. The van der Waals surface area contributed by atoms with Gasteiger partial charge in [-0.2, -0.15) is 4.31 Å². The zero-order valence-electron chi connectivity index (χ0n) is 13.5. The molecular formula is C15H17ClN4O4S. The molecule has 134 valence electrons. The number of primary amides is 1. The molecule has 3 rings (SSSR count). The number of amides is 2. The maximum atomic E-state index is 13.1. The highest BCUT2D eigenvalue weighted by Gasteiger charge is 2.34. The average molecular weight is 385 g/mol. The van der Waals surface area contributed by atoms with E-state index in [2.05, 4.69) is 4.98 Å². The SMILES string of the molecule is CC(=O)N1CCN(S(=O)(=O)c2c(C(N)=O)[nH]c3ccc(Cl)cc23)CC1. The lowest BCUT2D eigenvalue weighted by Gasteiger charge is -2.33. The second-order valence-corrected chi connectivity index (χ2v) is 8.10. The van der Waals surface area contributed by atoms with Gasteiger partial charge in [0.25, 0.3) is 5.91 Å². The molecule has 1 fully saturated rings. The molecule has 0 bridgehead atoms. The van der Waals surface area contributed by atoms with Gasteiger partial charge in [-0.1, -0.05) is 11.6 Å². The number of carbonyl (C=O) groups excluding carboxylic acids is 2. The van der Waals surface area contributed by atoms with Crippen molar-refractivity contribution in [3.05, 3.63) is 28.9 Å². The van der Waals surface area contributed by atoms with Crippen molar-refractivity contribution in [1.82, 2.24) is 14.2 Å². The van der Waals surface area contributed by atoms with Crippen LogP contribution in [0.25, 0.3) is 10.9 Å². The quantitative estimate of drug-likeness (QED) is 0.812. The molecule has 1 aromatic heterocycles. The largest absolute Gasteiger partial charge is 0.364 e. The third-order valence-corrected chi connectivity index (χ3v) is 6.46. The Morgan fingerprint density at radius 3 is 2.40 bits per heavy atom. The van der Waals surface area contributed by atoms with Crippen LogP contribution in [-0.4, -0.2) is 60.6 Å². The molecule has 1 aliphatic heterocycles. The van der Waals surface area contributed by atoms with Crippen molar-refractivity contribution in [3.8, 4) is 0 Å². The number of carbonyl (C=O) groups is 2. The van der Waals surface area contributed by atoms with E-state index in [0.717, 1.165) is 0 Å². The van der Waals surface area contributed by atoms with Crippen LogP contribution in [0.15, 0.2) is 23.1 Å². The molecule has 3 N–H and O–H groups in total. The first-order valence-corrected chi connectivity index (χ1v) is 9.40. The number of nitrogens with one attached hydrogen (secondary N) is 1. The number of H-pyrrole nitrogens is 1. The van der Waals surface area contributed by atoms with Crippen molar-refractivity contribution >= 4 is 44.3 Å². The van der Waals surface area contributed by atoms with Gasteiger partial charge in [-0.15, -0.1) is 0 Å². The molecule has 2 heterocycles. The van der Waals surface area contributed by atoms with E-state index in [1.807, 2.05) is 0 Å². The zero-order valence-corrected chi connectivity index (χ0v) is 15.0. The number of nitrogens with zero attached hydrogens (tertiary/aromatic N) is 2. The summed E-state index contributed by atoms with van der Waals surface area (Å²) in [6, 6.07) is 4.67. The lowest BCUT2D eigenvalue weighted by molar-refractivity contribution is -0.129. The van der Waals surface area contributed by atoms with Gasteiger partial charge in [0.2, 0.25) is 15.9 Å². The van der Waals surface area contributed by atoms with Gasteiger partial charge in [0.1, 0.15) is 10.6 Å². The molecule has 1 saturated heterocycles. The number of nitrogens with two attached hydrogens (primary N) is 1. The van der Waals surface area contributed by atoms with Crippen molar-refractivity contribution in [2.75, 3.05) is 26.2 Å². The van der Waals surface area contributed by atoms with Crippen LogP contribution in [0.3, 0.4) is 0 Å². The number of hydrogen-bond acceptors (Lipinski definition) is 4. The van der Waals surface area contributed by atoms with E-state index in [1.165, 1.54) is 17.3 Å². The monoisotopic (exact) mass is 384 g/mol. The smallest absolute Gasteiger partial charge is 0.266 e. The van der Waals surface area contributed by atoms with E-state index in [9.17, 15) is 18.0 Å². The number of aromatic nitrogens is 1. The zero-order chi connectivity index (χ0) is 18.4. The Labute approximate surface area is 149 Å². The van der Waals surface area contributed by atoms with Crippen LogP contribution in [0, 0.1) is 0 Å². The summed E-state index contributed by atoms with van der Waals surface area (Å²) in [7, 11) is -3.98. The predicted molar refractivity (Wildman–Crippen MR) is 92.8 cm³/mol. The number of hydrogen-bond donors (Lipinski definition) is 2. The van der Waals surface area contributed by atoms with Crippen molar-refractivity contribution < 1.29 is 18.0 Å². The Kier molecular flexibility index (Phi) is 4.48. The third kappa shape index (κ3) is 3.10. The summed E-state index contributed by atoms with van der Waals surface area (Å²) in [6.07, 6.45) is 0. The molecule has 0 unspecified atom stereocenters. The predicted octanol–water partition coefficient (Wildman–Crippen LogP) is 0.773. The Hall–Kier alpha value is -2.10. The van der Waals surface area contributed by atoms with Gasteiger partial charge < -0.3 is 15.6 Å². The van der Waals surface area contributed by atoms with E-state index >= 15 is 0 Å². The van der Waals surface area contributed by atoms with Crippen molar-refractivity contribution in [2.24, 2.45) is 5.73 Å². The molecule has 1 aliphatic rings. The number of aromatic amines is 1. The molecule has 8 nitrogen and oxygen atoms in total. The van der Waals surface area contributed by atoms with Gasteiger partial charge in [-0.3, -0.25) is 9.59 Å². The van der Waals surface area contributed by atoms with Crippen LogP contribution in [0.5, 0.6) is 0 Å². The van der Waals surface area contributed by atoms with Crippen molar-refractivity contribution in [2.45, 2.75) is 11.8 Å². The minimum Gasteiger partial charge on any atom is -0.364 e. The Bertz CT molecular complexity index is 961. The molecule has 0 spiro atoms. The number of sulfonamides is 1.